The molecule has 3 rings (SSSR count). The lowest BCUT2D eigenvalue weighted by Crippen LogP contribution is -2.14. The molecule has 0 unspecified atom stereocenters. The number of carbonyl (C=O) groups is 2. The van der Waals surface area contributed by atoms with Crippen molar-refractivity contribution in [2.24, 2.45) is 0 Å². The van der Waals surface area contributed by atoms with E-state index in [0.717, 1.165) is 10.8 Å². The lowest BCUT2D eigenvalue weighted by molar-refractivity contribution is 0.0698. The maximum atomic E-state index is 12.3. The van der Waals surface area contributed by atoms with Gasteiger partial charge >= 0.3 is 5.97 Å². The molecule has 3 aromatic rings. The number of halogens is 1. The van der Waals surface area contributed by atoms with Gasteiger partial charge in [0.05, 0.1) is 11.3 Å². The molecule has 0 aliphatic rings. The van der Waals surface area contributed by atoms with Gasteiger partial charge in [0.25, 0.3) is 5.91 Å². The minimum Gasteiger partial charge on any atom is -0.478 e. The largest absolute Gasteiger partial charge is 0.478 e. The fraction of sp³-hybridized carbons (Fsp3) is 0. The number of fused-ring (bicyclic) bond motifs is 1. The van der Waals surface area contributed by atoms with Crippen LogP contribution in [0.2, 0.25) is 5.02 Å². The summed E-state index contributed by atoms with van der Waals surface area (Å²) in [7, 11) is 0. The molecular formula is C18H12ClNO3. The Hall–Kier alpha value is -2.85. The van der Waals surface area contributed by atoms with Gasteiger partial charge in [-0.2, -0.15) is 0 Å². The second-order valence-electron chi connectivity index (χ2n) is 5.01. The Kier molecular flexibility index (Phi) is 4.00. The van der Waals surface area contributed by atoms with Gasteiger partial charge in [0.1, 0.15) is 0 Å². The number of nitrogens with one attached hydrogen (secondary N) is 1. The minimum atomic E-state index is -1.10. The van der Waals surface area contributed by atoms with E-state index in [1.165, 1.54) is 0 Å². The summed E-state index contributed by atoms with van der Waals surface area (Å²) in [4.78, 5) is 23.7. The van der Waals surface area contributed by atoms with Crippen LogP contribution < -0.4 is 5.32 Å². The first kappa shape index (κ1) is 15.1. The maximum absolute atomic E-state index is 12.3. The highest BCUT2D eigenvalue weighted by molar-refractivity contribution is 6.30. The molecule has 23 heavy (non-hydrogen) atoms. The number of aromatic carboxylic acids is 1. The molecule has 0 radical (unpaired) electrons. The van der Waals surface area contributed by atoms with Crippen molar-refractivity contribution in [3.8, 4) is 0 Å². The van der Waals surface area contributed by atoms with E-state index in [1.54, 1.807) is 36.4 Å². The first-order chi connectivity index (χ1) is 11.0. The summed E-state index contributed by atoms with van der Waals surface area (Å²) in [6, 6.07) is 17.0. The van der Waals surface area contributed by atoms with Crippen LogP contribution in [0.25, 0.3) is 10.8 Å². The minimum absolute atomic E-state index is 0.0472. The van der Waals surface area contributed by atoms with Crippen molar-refractivity contribution < 1.29 is 14.7 Å². The van der Waals surface area contributed by atoms with Crippen LogP contribution in [0.1, 0.15) is 20.7 Å². The molecule has 0 saturated heterocycles. The average Bonchev–Trinajstić information content (AvgIpc) is 2.54. The Morgan fingerprint density at radius 2 is 1.52 bits per heavy atom. The third kappa shape index (κ3) is 3.17. The predicted octanol–water partition coefficient (Wildman–Crippen LogP) is 4.44. The van der Waals surface area contributed by atoms with E-state index in [9.17, 15) is 14.7 Å². The lowest BCUT2D eigenvalue weighted by Gasteiger charge is -2.10. The molecule has 0 aliphatic heterocycles. The molecule has 0 atom stereocenters. The standard InChI is InChI=1S/C18H12ClNO3/c19-14-7-5-11(6-8-14)17(21)20-16-10-13-4-2-1-3-12(13)9-15(16)18(22)23/h1-10H,(H,20,21)(H,22,23). The molecule has 4 nitrogen and oxygen atoms in total. The van der Waals surface area contributed by atoms with E-state index in [2.05, 4.69) is 5.32 Å². The molecule has 2 N–H and O–H groups in total. The van der Waals surface area contributed by atoms with E-state index < -0.39 is 5.97 Å². The topological polar surface area (TPSA) is 66.4 Å². The Labute approximate surface area is 137 Å². The van der Waals surface area contributed by atoms with Crippen LogP contribution in [0.15, 0.2) is 60.7 Å². The lowest BCUT2D eigenvalue weighted by atomic mass is 10.0. The molecule has 5 heteroatoms. The fourth-order valence-electron chi connectivity index (χ4n) is 2.32. The second-order valence-corrected chi connectivity index (χ2v) is 5.45. The summed E-state index contributed by atoms with van der Waals surface area (Å²) < 4.78 is 0. The summed E-state index contributed by atoms with van der Waals surface area (Å²) in [5.74, 6) is -1.48. The number of rotatable bonds is 3. The third-order valence-electron chi connectivity index (χ3n) is 3.47. The first-order valence-electron chi connectivity index (χ1n) is 6.87. The van der Waals surface area contributed by atoms with Crippen LogP contribution in [-0.2, 0) is 0 Å². The van der Waals surface area contributed by atoms with Gasteiger partial charge in [-0.05, 0) is 47.2 Å². The summed E-state index contributed by atoms with van der Waals surface area (Å²) >= 11 is 5.80. The van der Waals surface area contributed by atoms with Crippen LogP contribution in [0.4, 0.5) is 5.69 Å². The van der Waals surface area contributed by atoms with E-state index in [-0.39, 0.29) is 17.2 Å². The van der Waals surface area contributed by atoms with Gasteiger partial charge in [0.15, 0.2) is 0 Å². The molecule has 0 saturated carbocycles. The quantitative estimate of drug-likeness (QED) is 0.748. The summed E-state index contributed by atoms with van der Waals surface area (Å²) in [6.07, 6.45) is 0. The van der Waals surface area contributed by atoms with Gasteiger partial charge in [-0.1, -0.05) is 35.9 Å². The van der Waals surface area contributed by atoms with Crippen molar-refractivity contribution in [2.75, 3.05) is 5.32 Å². The zero-order valence-corrected chi connectivity index (χ0v) is 12.7. The number of benzene rings is 3. The summed E-state index contributed by atoms with van der Waals surface area (Å²) in [5, 5.41) is 14.2. The molecule has 1 amide bonds. The normalized spacial score (nSPS) is 10.5. The molecule has 3 aromatic carbocycles. The van der Waals surface area contributed by atoms with Crippen molar-refractivity contribution in [3.05, 3.63) is 76.8 Å². The molecular weight excluding hydrogens is 314 g/mol. The highest BCUT2D eigenvalue weighted by atomic mass is 35.5. The number of hydrogen-bond donors (Lipinski definition) is 2. The van der Waals surface area contributed by atoms with Crippen LogP contribution in [-0.4, -0.2) is 17.0 Å². The number of amides is 1. The number of anilines is 1. The van der Waals surface area contributed by atoms with Gasteiger partial charge in [-0.25, -0.2) is 4.79 Å². The van der Waals surface area contributed by atoms with Crippen molar-refractivity contribution >= 4 is 39.9 Å². The molecule has 0 aliphatic carbocycles. The average molecular weight is 326 g/mol. The monoisotopic (exact) mass is 325 g/mol. The number of hydrogen-bond acceptors (Lipinski definition) is 2. The Bertz CT molecular complexity index is 904. The first-order valence-corrected chi connectivity index (χ1v) is 7.25. The van der Waals surface area contributed by atoms with Gasteiger partial charge < -0.3 is 10.4 Å². The third-order valence-corrected chi connectivity index (χ3v) is 3.72. The van der Waals surface area contributed by atoms with Crippen molar-refractivity contribution in [1.82, 2.24) is 0 Å². The fourth-order valence-corrected chi connectivity index (χ4v) is 2.44. The SMILES string of the molecule is O=C(Nc1cc2ccccc2cc1C(=O)O)c1ccc(Cl)cc1. The Morgan fingerprint density at radius 1 is 0.913 bits per heavy atom. The zero-order valence-electron chi connectivity index (χ0n) is 11.9. The van der Waals surface area contributed by atoms with Crippen LogP contribution in [0.5, 0.6) is 0 Å². The maximum Gasteiger partial charge on any atom is 0.337 e. The van der Waals surface area contributed by atoms with Crippen molar-refractivity contribution in [1.29, 1.82) is 0 Å². The smallest absolute Gasteiger partial charge is 0.337 e. The molecule has 0 aromatic heterocycles. The van der Waals surface area contributed by atoms with E-state index in [0.29, 0.717) is 10.6 Å². The summed E-state index contributed by atoms with van der Waals surface area (Å²) in [6.45, 7) is 0. The summed E-state index contributed by atoms with van der Waals surface area (Å²) in [5.41, 5.74) is 0.709. The van der Waals surface area contributed by atoms with Crippen LogP contribution in [0.3, 0.4) is 0 Å². The number of carboxylic acids is 1. The van der Waals surface area contributed by atoms with E-state index in [4.69, 9.17) is 11.6 Å². The molecule has 114 valence electrons. The number of carboxylic acid groups (broad SMARTS) is 1. The predicted molar refractivity (Wildman–Crippen MR) is 90.3 cm³/mol. The molecule has 0 heterocycles. The molecule has 0 spiro atoms. The Morgan fingerprint density at radius 3 is 2.13 bits per heavy atom. The van der Waals surface area contributed by atoms with Gasteiger partial charge in [-0.15, -0.1) is 0 Å². The zero-order chi connectivity index (χ0) is 16.4. The van der Waals surface area contributed by atoms with E-state index >= 15 is 0 Å². The molecule has 0 fully saturated rings. The highest BCUT2D eigenvalue weighted by Gasteiger charge is 2.15. The van der Waals surface area contributed by atoms with Crippen LogP contribution in [0, 0.1) is 0 Å². The van der Waals surface area contributed by atoms with Crippen molar-refractivity contribution in [3.63, 3.8) is 0 Å². The Balaban J connectivity index is 2.01. The van der Waals surface area contributed by atoms with Crippen LogP contribution >= 0.6 is 11.6 Å². The second kappa shape index (κ2) is 6.10. The van der Waals surface area contributed by atoms with Gasteiger partial charge in [0, 0.05) is 10.6 Å². The van der Waals surface area contributed by atoms with E-state index in [1.807, 2.05) is 24.3 Å². The van der Waals surface area contributed by atoms with Gasteiger partial charge in [-0.3, -0.25) is 4.79 Å². The van der Waals surface area contributed by atoms with Crippen molar-refractivity contribution in [2.45, 2.75) is 0 Å². The molecule has 0 bridgehead atoms. The number of carbonyl (C=O) groups excluding carboxylic acids is 1. The van der Waals surface area contributed by atoms with Gasteiger partial charge in [0.2, 0.25) is 0 Å². The highest BCUT2D eigenvalue weighted by Crippen LogP contribution is 2.25.